The van der Waals surface area contributed by atoms with E-state index in [0.29, 0.717) is 25.1 Å². The molecule has 4 heteroatoms. The second-order valence-electron chi connectivity index (χ2n) is 7.12. The number of fused-ring (bicyclic) bond motifs is 1. The summed E-state index contributed by atoms with van der Waals surface area (Å²) in [7, 11) is 0. The van der Waals surface area contributed by atoms with Gasteiger partial charge in [0.25, 0.3) is 5.91 Å². The molecule has 0 fully saturated rings. The Morgan fingerprint density at radius 2 is 1.86 bits per heavy atom. The fourth-order valence-corrected chi connectivity index (χ4v) is 3.79. The molecule has 1 aliphatic rings. The van der Waals surface area contributed by atoms with E-state index in [1.807, 2.05) is 68.5 Å². The first-order valence-electron chi connectivity index (χ1n) is 10.0. The van der Waals surface area contributed by atoms with Crippen molar-refractivity contribution < 1.29 is 9.59 Å². The van der Waals surface area contributed by atoms with Crippen LogP contribution in [-0.4, -0.2) is 29.3 Å². The van der Waals surface area contributed by atoms with E-state index in [2.05, 4.69) is 11.4 Å². The molecule has 1 atom stereocenters. The average molecular weight is 377 g/mol. The summed E-state index contributed by atoms with van der Waals surface area (Å²) in [6, 6.07) is 17.4. The Morgan fingerprint density at radius 1 is 1.14 bits per heavy atom. The SMILES string of the molecule is C/C=C1\C(=O)N(C(CCC)C(=O)NCc2ccccc2)CCc2ccccc21. The molecule has 4 nitrogen and oxygen atoms in total. The van der Waals surface area contributed by atoms with Gasteiger partial charge in [0.05, 0.1) is 0 Å². The molecule has 28 heavy (non-hydrogen) atoms. The summed E-state index contributed by atoms with van der Waals surface area (Å²) in [5, 5.41) is 3.02. The van der Waals surface area contributed by atoms with Gasteiger partial charge in [-0.05, 0) is 36.5 Å². The van der Waals surface area contributed by atoms with Crippen LogP contribution in [0.1, 0.15) is 43.4 Å². The van der Waals surface area contributed by atoms with Gasteiger partial charge in [0.2, 0.25) is 5.91 Å². The summed E-state index contributed by atoms with van der Waals surface area (Å²) in [6.45, 7) is 4.96. The number of carbonyl (C=O) groups excluding carboxylic acids is 2. The molecule has 2 aromatic rings. The van der Waals surface area contributed by atoms with Crippen molar-refractivity contribution >= 4 is 17.4 Å². The molecule has 3 rings (SSSR count). The molecule has 0 saturated carbocycles. The highest BCUT2D eigenvalue weighted by Gasteiger charge is 2.33. The van der Waals surface area contributed by atoms with E-state index in [0.717, 1.165) is 29.5 Å². The maximum Gasteiger partial charge on any atom is 0.254 e. The molecule has 1 aliphatic heterocycles. The van der Waals surface area contributed by atoms with Crippen LogP contribution in [0.15, 0.2) is 60.7 Å². The molecule has 0 aliphatic carbocycles. The Morgan fingerprint density at radius 3 is 2.57 bits per heavy atom. The van der Waals surface area contributed by atoms with Gasteiger partial charge in [-0.1, -0.05) is 74.0 Å². The lowest BCUT2D eigenvalue weighted by Gasteiger charge is -2.30. The van der Waals surface area contributed by atoms with Crippen LogP contribution < -0.4 is 5.32 Å². The van der Waals surface area contributed by atoms with Crippen molar-refractivity contribution in [2.45, 2.75) is 45.7 Å². The van der Waals surface area contributed by atoms with Gasteiger partial charge in [-0.25, -0.2) is 0 Å². The van der Waals surface area contributed by atoms with Crippen LogP contribution in [0.5, 0.6) is 0 Å². The maximum absolute atomic E-state index is 13.3. The first-order chi connectivity index (χ1) is 13.7. The van der Waals surface area contributed by atoms with Crippen molar-refractivity contribution in [1.82, 2.24) is 10.2 Å². The third-order valence-electron chi connectivity index (χ3n) is 5.26. The number of nitrogens with one attached hydrogen (secondary N) is 1. The van der Waals surface area contributed by atoms with Gasteiger partial charge >= 0.3 is 0 Å². The number of amides is 2. The Kier molecular flexibility index (Phi) is 6.64. The molecular formula is C24H28N2O2. The first kappa shape index (κ1) is 19.9. The van der Waals surface area contributed by atoms with Crippen molar-refractivity contribution in [3.8, 4) is 0 Å². The predicted octanol–water partition coefficient (Wildman–Crippen LogP) is 3.96. The molecule has 0 spiro atoms. The van der Waals surface area contributed by atoms with Gasteiger partial charge in [0.15, 0.2) is 0 Å². The summed E-state index contributed by atoms with van der Waals surface area (Å²) >= 11 is 0. The van der Waals surface area contributed by atoms with Crippen LogP contribution in [0.25, 0.3) is 5.57 Å². The van der Waals surface area contributed by atoms with E-state index in [-0.39, 0.29) is 11.8 Å². The van der Waals surface area contributed by atoms with E-state index < -0.39 is 6.04 Å². The van der Waals surface area contributed by atoms with Gasteiger partial charge < -0.3 is 10.2 Å². The van der Waals surface area contributed by atoms with Gasteiger partial charge in [-0.15, -0.1) is 0 Å². The molecule has 146 valence electrons. The lowest BCUT2D eigenvalue weighted by atomic mass is 9.98. The average Bonchev–Trinajstić information content (AvgIpc) is 2.87. The monoisotopic (exact) mass is 376 g/mol. The highest BCUT2D eigenvalue weighted by molar-refractivity contribution is 6.20. The fraction of sp³-hybridized carbons (Fsp3) is 0.333. The highest BCUT2D eigenvalue weighted by atomic mass is 16.2. The maximum atomic E-state index is 13.3. The van der Waals surface area contributed by atoms with Crippen molar-refractivity contribution in [1.29, 1.82) is 0 Å². The van der Waals surface area contributed by atoms with Crippen LogP contribution >= 0.6 is 0 Å². The van der Waals surface area contributed by atoms with Gasteiger partial charge in [-0.2, -0.15) is 0 Å². The molecule has 0 saturated heterocycles. The normalized spacial score (nSPS) is 16.4. The summed E-state index contributed by atoms with van der Waals surface area (Å²) in [6.07, 6.45) is 4.11. The zero-order valence-corrected chi connectivity index (χ0v) is 16.7. The van der Waals surface area contributed by atoms with Crippen LogP contribution in [-0.2, 0) is 22.6 Å². The molecule has 1 N–H and O–H groups in total. The van der Waals surface area contributed by atoms with E-state index in [1.165, 1.54) is 0 Å². The first-order valence-corrected chi connectivity index (χ1v) is 10.0. The number of carbonyl (C=O) groups is 2. The Labute approximate surface area is 167 Å². The minimum atomic E-state index is -0.453. The second-order valence-corrected chi connectivity index (χ2v) is 7.12. The standard InChI is InChI=1S/C24H28N2O2/c1-3-10-22(23(27)25-17-18-11-6-5-7-12-18)26-16-15-19-13-8-9-14-21(19)20(4-2)24(26)28/h4-9,11-14,22H,3,10,15-17H2,1-2H3,(H,25,27)/b20-4-. The fourth-order valence-electron chi connectivity index (χ4n) is 3.79. The number of rotatable bonds is 6. The van der Waals surface area contributed by atoms with Crippen molar-refractivity contribution in [2.75, 3.05) is 6.54 Å². The van der Waals surface area contributed by atoms with Gasteiger partial charge in [-0.3, -0.25) is 9.59 Å². The molecular weight excluding hydrogens is 348 g/mol. The summed E-state index contributed by atoms with van der Waals surface area (Å²) in [5.41, 5.74) is 3.88. The third-order valence-corrected chi connectivity index (χ3v) is 5.26. The van der Waals surface area contributed by atoms with Gasteiger partial charge in [0, 0.05) is 18.7 Å². The minimum absolute atomic E-state index is 0.0549. The minimum Gasteiger partial charge on any atom is -0.350 e. The second kappa shape index (κ2) is 9.36. The van der Waals surface area contributed by atoms with Gasteiger partial charge in [0.1, 0.15) is 6.04 Å². The smallest absolute Gasteiger partial charge is 0.254 e. The Balaban J connectivity index is 1.81. The number of hydrogen-bond acceptors (Lipinski definition) is 2. The van der Waals surface area contributed by atoms with E-state index in [4.69, 9.17) is 0 Å². The molecule has 1 unspecified atom stereocenters. The van der Waals surface area contributed by atoms with Crippen LogP contribution in [0.3, 0.4) is 0 Å². The highest BCUT2D eigenvalue weighted by Crippen LogP contribution is 2.27. The van der Waals surface area contributed by atoms with E-state index >= 15 is 0 Å². The zero-order chi connectivity index (χ0) is 19.9. The van der Waals surface area contributed by atoms with Crippen LogP contribution in [0.4, 0.5) is 0 Å². The predicted molar refractivity (Wildman–Crippen MR) is 112 cm³/mol. The summed E-state index contributed by atoms with van der Waals surface area (Å²) < 4.78 is 0. The quantitative estimate of drug-likeness (QED) is 0.776. The topological polar surface area (TPSA) is 49.4 Å². The number of hydrogen-bond donors (Lipinski definition) is 1. The number of benzene rings is 2. The number of nitrogens with zero attached hydrogens (tertiary/aromatic N) is 1. The molecule has 0 aromatic heterocycles. The number of allylic oxidation sites excluding steroid dienone is 1. The van der Waals surface area contributed by atoms with Crippen molar-refractivity contribution in [3.05, 3.63) is 77.4 Å². The van der Waals surface area contributed by atoms with Crippen LogP contribution in [0.2, 0.25) is 0 Å². The molecule has 1 heterocycles. The summed E-state index contributed by atoms with van der Waals surface area (Å²) in [5.74, 6) is -0.138. The van der Waals surface area contributed by atoms with Crippen LogP contribution in [0, 0.1) is 0 Å². The van der Waals surface area contributed by atoms with E-state index in [1.54, 1.807) is 4.90 Å². The lowest BCUT2D eigenvalue weighted by Crippen LogP contribution is -2.49. The lowest BCUT2D eigenvalue weighted by molar-refractivity contribution is -0.136. The van der Waals surface area contributed by atoms with Crippen molar-refractivity contribution in [2.24, 2.45) is 0 Å². The Bertz CT molecular complexity index is 858. The third kappa shape index (κ3) is 4.33. The zero-order valence-electron chi connectivity index (χ0n) is 16.7. The molecule has 0 bridgehead atoms. The summed E-state index contributed by atoms with van der Waals surface area (Å²) in [4.78, 5) is 28.1. The molecule has 2 aromatic carbocycles. The van der Waals surface area contributed by atoms with Crippen molar-refractivity contribution in [3.63, 3.8) is 0 Å². The molecule has 0 radical (unpaired) electrons. The molecule has 2 amide bonds. The largest absolute Gasteiger partial charge is 0.350 e. The van der Waals surface area contributed by atoms with E-state index in [9.17, 15) is 9.59 Å². The Hall–Kier alpha value is -2.88.